The summed E-state index contributed by atoms with van der Waals surface area (Å²) in [7, 11) is 0. The summed E-state index contributed by atoms with van der Waals surface area (Å²) in [5.41, 5.74) is -1.30. The van der Waals surface area contributed by atoms with Crippen LogP contribution in [-0.2, 0) is 21.3 Å². The average Bonchev–Trinajstić information content (AvgIpc) is 3.31. The van der Waals surface area contributed by atoms with E-state index in [1.54, 1.807) is 12.1 Å². The van der Waals surface area contributed by atoms with E-state index >= 15 is 0 Å². The third-order valence-corrected chi connectivity index (χ3v) is 4.95. The highest BCUT2D eigenvalue weighted by atomic mass is 19.4. The Hall–Kier alpha value is -2.94. The van der Waals surface area contributed by atoms with Gasteiger partial charge in [-0.05, 0) is 49.2 Å². The molecule has 0 amide bonds. The van der Waals surface area contributed by atoms with E-state index in [0.29, 0.717) is 23.6 Å². The zero-order valence-electron chi connectivity index (χ0n) is 15.6. The van der Waals surface area contributed by atoms with Crippen LogP contribution in [0.1, 0.15) is 36.6 Å². The van der Waals surface area contributed by atoms with Crippen LogP contribution in [0.4, 0.5) is 18.9 Å². The van der Waals surface area contributed by atoms with Gasteiger partial charge in [-0.3, -0.25) is 10.1 Å². The van der Waals surface area contributed by atoms with Gasteiger partial charge in [-0.1, -0.05) is 12.1 Å². The minimum Gasteiger partial charge on any atom is -0.476 e. The van der Waals surface area contributed by atoms with Crippen molar-refractivity contribution in [3.05, 3.63) is 75.3 Å². The molecule has 2 aromatic carbocycles. The second kappa shape index (κ2) is 6.28. The van der Waals surface area contributed by atoms with Crippen molar-refractivity contribution in [2.75, 3.05) is 6.61 Å². The first-order valence-electron chi connectivity index (χ1n) is 8.86. The first-order chi connectivity index (χ1) is 13.5. The van der Waals surface area contributed by atoms with Gasteiger partial charge in [0, 0.05) is 12.1 Å². The number of aliphatic imine (C=N–C) groups is 1. The number of halogens is 3. The Labute approximate surface area is 164 Å². The summed E-state index contributed by atoms with van der Waals surface area (Å²) in [5.74, 6) is 0.321. The Morgan fingerprint density at radius 3 is 2.21 bits per heavy atom. The molecule has 2 heterocycles. The zero-order chi connectivity index (χ0) is 21.0. The molecule has 1 fully saturated rings. The van der Waals surface area contributed by atoms with Crippen LogP contribution in [0.2, 0.25) is 0 Å². The molecule has 6 nitrogen and oxygen atoms in total. The number of nitro groups is 1. The highest BCUT2D eigenvalue weighted by Crippen LogP contribution is 2.59. The summed E-state index contributed by atoms with van der Waals surface area (Å²) in [5, 5.41) is 11.0. The smallest absolute Gasteiger partial charge is 0.416 e. The van der Waals surface area contributed by atoms with Crippen molar-refractivity contribution in [1.29, 1.82) is 0 Å². The maximum atomic E-state index is 12.9. The number of alkyl halides is 3. The van der Waals surface area contributed by atoms with Gasteiger partial charge in [-0.25, -0.2) is 4.99 Å². The fourth-order valence-electron chi connectivity index (χ4n) is 3.41. The molecular weight excluding hydrogens is 389 g/mol. The van der Waals surface area contributed by atoms with Crippen LogP contribution in [0.25, 0.3) is 0 Å². The first kappa shape index (κ1) is 19.4. The lowest BCUT2D eigenvalue weighted by Crippen LogP contribution is -2.23. The molecule has 29 heavy (non-hydrogen) atoms. The number of epoxide rings is 1. The number of non-ortho nitro benzene ring substituents is 1. The van der Waals surface area contributed by atoms with Crippen molar-refractivity contribution in [3.8, 4) is 0 Å². The lowest BCUT2D eigenvalue weighted by molar-refractivity contribution is -0.384. The number of nitrogens with zero attached hydrogens (tertiary/aromatic N) is 2. The predicted octanol–water partition coefficient (Wildman–Crippen LogP) is 4.79. The standard InChI is InChI=1S/C20H17F3N2O4/c1-18(2)11-28-17(24-18)19(13-7-9-15(10-8-13)25(26)27)16(29-19)12-3-5-14(6-4-12)20(21,22)23/h3-10,16H,11H2,1-2H3/t16-,19+/m1/s1. The van der Waals surface area contributed by atoms with Crippen LogP contribution in [0, 0.1) is 10.1 Å². The summed E-state index contributed by atoms with van der Waals surface area (Å²) in [4.78, 5) is 15.0. The van der Waals surface area contributed by atoms with E-state index in [4.69, 9.17) is 9.47 Å². The monoisotopic (exact) mass is 406 g/mol. The van der Waals surface area contributed by atoms with Crippen molar-refractivity contribution in [3.63, 3.8) is 0 Å². The van der Waals surface area contributed by atoms with Crippen molar-refractivity contribution < 1.29 is 27.6 Å². The number of hydrogen-bond acceptors (Lipinski definition) is 5. The molecule has 2 atom stereocenters. The summed E-state index contributed by atoms with van der Waals surface area (Å²) >= 11 is 0. The van der Waals surface area contributed by atoms with Crippen molar-refractivity contribution >= 4 is 11.6 Å². The van der Waals surface area contributed by atoms with Crippen LogP contribution in [0.15, 0.2) is 53.5 Å². The summed E-state index contributed by atoms with van der Waals surface area (Å²) < 4.78 is 50.3. The van der Waals surface area contributed by atoms with E-state index in [1.165, 1.54) is 24.3 Å². The van der Waals surface area contributed by atoms with Crippen LogP contribution in [-0.4, -0.2) is 23.0 Å². The van der Waals surface area contributed by atoms with Gasteiger partial charge in [0.1, 0.15) is 12.7 Å². The predicted molar refractivity (Wildman–Crippen MR) is 97.5 cm³/mol. The molecule has 0 aliphatic carbocycles. The third kappa shape index (κ3) is 3.35. The summed E-state index contributed by atoms with van der Waals surface area (Å²) in [6.07, 6.45) is -5.04. The highest BCUT2D eigenvalue weighted by molar-refractivity contribution is 5.92. The fourth-order valence-corrected chi connectivity index (χ4v) is 3.41. The van der Waals surface area contributed by atoms with Gasteiger partial charge < -0.3 is 9.47 Å². The van der Waals surface area contributed by atoms with Crippen molar-refractivity contribution in [1.82, 2.24) is 0 Å². The molecule has 152 valence electrons. The zero-order valence-corrected chi connectivity index (χ0v) is 15.6. The van der Waals surface area contributed by atoms with Crippen molar-refractivity contribution in [2.24, 2.45) is 4.99 Å². The summed E-state index contributed by atoms with van der Waals surface area (Å²) in [6.45, 7) is 4.11. The molecule has 0 spiro atoms. The number of hydrogen-bond donors (Lipinski definition) is 0. The lowest BCUT2D eigenvalue weighted by atomic mass is 9.90. The van der Waals surface area contributed by atoms with E-state index in [2.05, 4.69) is 4.99 Å². The van der Waals surface area contributed by atoms with Gasteiger partial charge in [-0.2, -0.15) is 13.2 Å². The molecule has 2 aliphatic heterocycles. The minimum atomic E-state index is -4.43. The van der Waals surface area contributed by atoms with Gasteiger partial charge in [0.05, 0.1) is 16.0 Å². The van der Waals surface area contributed by atoms with E-state index in [1.807, 2.05) is 13.8 Å². The maximum Gasteiger partial charge on any atom is 0.416 e. The second-order valence-corrected chi connectivity index (χ2v) is 7.68. The van der Waals surface area contributed by atoms with Gasteiger partial charge in [0.15, 0.2) is 5.60 Å². The Kier molecular flexibility index (Phi) is 4.20. The summed E-state index contributed by atoms with van der Waals surface area (Å²) in [6, 6.07) is 10.5. The van der Waals surface area contributed by atoms with E-state index in [-0.39, 0.29) is 5.69 Å². The third-order valence-electron chi connectivity index (χ3n) is 4.95. The van der Waals surface area contributed by atoms with E-state index < -0.39 is 33.9 Å². The van der Waals surface area contributed by atoms with Crippen molar-refractivity contribution in [2.45, 2.75) is 37.3 Å². The molecule has 9 heteroatoms. The van der Waals surface area contributed by atoms with Gasteiger partial charge in [-0.15, -0.1) is 0 Å². The van der Waals surface area contributed by atoms with E-state index in [9.17, 15) is 23.3 Å². The maximum absolute atomic E-state index is 12.9. The molecule has 0 bridgehead atoms. The quantitative estimate of drug-likeness (QED) is 0.416. The molecule has 0 saturated carbocycles. The minimum absolute atomic E-state index is 0.0785. The molecule has 4 rings (SSSR count). The Bertz CT molecular complexity index is 984. The molecule has 2 aromatic rings. The topological polar surface area (TPSA) is 77.3 Å². The molecule has 1 saturated heterocycles. The van der Waals surface area contributed by atoms with Crippen LogP contribution < -0.4 is 0 Å². The van der Waals surface area contributed by atoms with Crippen LogP contribution in [0.3, 0.4) is 0 Å². The number of ether oxygens (including phenoxy) is 2. The normalized spacial score (nSPS) is 25.3. The Morgan fingerprint density at radius 1 is 1.10 bits per heavy atom. The molecule has 2 aliphatic rings. The van der Waals surface area contributed by atoms with Crippen LogP contribution >= 0.6 is 0 Å². The Morgan fingerprint density at radius 2 is 1.72 bits per heavy atom. The Balaban J connectivity index is 1.73. The number of benzene rings is 2. The highest BCUT2D eigenvalue weighted by Gasteiger charge is 2.65. The van der Waals surface area contributed by atoms with Crippen LogP contribution in [0.5, 0.6) is 0 Å². The molecule has 0 aromatic heterocycles. The molecule has 0 unspecified atom stereocenters. The fraction of sp³-hybridized carbons (Fsp3) is 0.350. The SMILES string of the molecule is CC1(C)COC([C@@]2(c3ccc([N+](=O)[O-])cc3)O[C@@H]2c2ccc(C(F)(F)F)cc2)=N1. The first-order valence-corrected chi connectivity index (χ1v) is 8.86. The van der Waals surface area contributed by atoms with Gasteiger partial charge in [0.2, 0.25) is 5.90 Å². The van der Waals surface area contributed by atoms with Gasteiger partial charge in [0.25, 0.3) is 5.69 Å². The molecule has 0 radical (unpaired) electrons. The van der Waals surface area contributed by atoms with Gasteiger partial charge >= 0.3 is 6.18 Å². The molecular formula is C20H17F3N2O4. The van der Waals surface area contributed by atoms with E-state index in [0.717, 1.165) is 12.1 Å². The number of nitro benzene ring substituents is 1. The largest absolute Gasteiger partial charge is 0.476 e. The number of rotatable bonds is 4. The lowest BCUT2D eigenvalue weighted by Gasteiger charge is -2.14. The molecule has 0 N–H and O–H groups in total. The average molecular weight is 406 g/mol. The second-order valence-electron chi connectivity index (χ2n) is 7.68.